The minimum atomic E-state index is -3.06. The fourth-order valence-electron chi connectivity index (χ4n) is 4.41. The number of ether oxygens (including phenoxy) is 1. The predicted octanol–water partition coefficient (Wildman–Crippen LogP) is 5.51. The summed E-state index contributed by atoms with van der Waals surface area (Å²) in [4.78, 5) is 16.1. The molecule has 8 nitrogen and oxygen atoms in total. The van der Waals surface area contributed by atoms with Gasteiger partial charge >= 0.3 is 6.09 Å². The second-order valence-corrected chi connectivity index (χ2v) is 10.5. The Bertz CT molecular complexity index is 1200. The summed E-state index contributed by atoms with van der Waals surface area (Å²) in [6, 6.07) is 19.4. The van der Waals surface area contributed by atoms with Gasteiger partial charge in [0.1, 0.15) is 5.69 Å². The molecule has 1 fully saturated rings. The van der Waals surface area contributed by atoms with Gasteiger partial charge in [-0.2, -0.15) is 0 Å². The van der Waals surface area contributed by atoms with E-state index in [1.54, 1.807) is 7.05 Å². The summed E-state index contributed by atoms with van der Waals surface area (Å²) < 4.78 is 27.6. The topological polar surface area (TPSA) is 115 Å². The average Bonchev–Trinajstić information content (AvgIpc) is 2.79. The summed E-state index contributed by atoms with van der Waals surface area (Å²) >= 11 is 0. The van der Waals surface area contributed by atoms with Crippen LogP contribution in [0.15, 0.2) is 60.7 Å². The summed E-state index contributed by atoms with van der Waals surface area (Å²) in [6.07, 6.45) is 1.51. The maximum Gasteiger partial charge on any atom is 0.405 e. The molecule has 0 bridgehead atoms. The Labute approximate surface area is 193 Å². The van der Waals surface area contributed by atoms with Gasteiger partial charge in [-0.25, -0.2) is 9.78 Å². The number of nitrogens with zero attached hydrogens (tertiary/aromatic N) is 2. The van der Waals surface area contributed by atoms with Gasteiger partial charge in [0.2, 0.25) is 5.88 Å². The second-order valence-electron chi connectivity index (χ2n) is 8.41. The molecule has 1 amide bonds. The van der Waals surface area contributed by atoms with Crippen molar-refractivity contribution in [2.45, 2.75) is 24.8 Å². The first-order chi connectivity index (χ1) is 15.8. The van der Waals surface area contributed by atoms with Crippen molar-refractivity contribution in [1.82, 2.24) is 10.3 Å². The molecular formula is C24H25N3O5S. The highest BCUT2D eigenvalue weighted by Crippen LogP contribution is 2.53. The monoisotopic (exact) mass is 467 g/mol. The van der Waals surface area contributed by atoms with E-state index in [-0.39, 0.29) is 5.94 Å². The van der Waals surface area contributed by atoms with Crippen molar-refractivity contribution in [3.8, 4) is 28.3 Å². The predicted molar refractivity (Wildman–Crippen MR) is 129 cm³/mol. The van der Waals surface area contributed by atoms with Crippen molar-refractivity contribution >= 4 is 22.6 Å². The van der Waals surface area contributed by atoms with Crippen LogP contribution >= 0.6 is 10.8 Å². The van der Waals surface area contributed by atoms with E-state index in [1.807, 2.05) is 60.7 Å². The molecule has 4 N–H and O–H groups in total. The zero-order chi connectivity index (χ0) is 23.2. The molecule has 9 heteroatoms. The fraction of sp³-hybridized carbons (Fsp3) is 0.250. The number of pyridine rings is 1. The number of amides is 1. The third-order valence-corrected chi connectivity index (χ3v) is 7.96. The van der Waals surface area contributed by atoms with Gasteiger partial charge in [-0.1, -0.05) is 65.4 Å². The van der Waals surface area contributed by atoms with Crippen LogP contribution in [-0.2, 0) is 5.54 Å². The number of aromatic nitrogens is 1. The maximum absolute atomic E-state index is 11.3. The van der Waals surface area contributed by atoms with Gasteiger partial charge in [-0.3, -0.25) is 13.4 Å². The Hall–Kier alpha value is -3.27. The highest BCUT2D eigenvalue weighted by Gasteiger charge is 2.40. The largest absolute Gasteiger partial charge is 0.465 e. The van der Waals surface area contributed by atoms with Gasteiger partial charge in [0, 0.05) is 18.2 Å². The first-order valence-electron chi connectivity index (χ1n) is 10.6. The van der Waals surface area contributed by atoms with Gasteiger partial charge in [0.15, 0.2) is 5.94 Å². The third kappa shape index (κ3) is 3.78. The molecule has 2 aliphatic rings. The highest BCUT2D eigenvalue weighted by molar-refractivity contribution is 8.25. The molecule has 1 aromatic heterocycles. The van der Waals surface area contributed by atoms with E-state index in [2.05, 4.69) is 5.32 Å². The lowest BCUT2D eigenvalue weighted by Crippen LogP contribution is -2.50. The van der Waals surface area contributed by atoms with Crippen LogP contribution in [0.1, 0.15) is 24.8 Å². The lowest BCUT2D eigenvalue weighted by Gasteiger charge is -2.44. The Morgan fingerprint density at radius 1 is 1.09 bits per heavy atom. The van der Waals surface area contributed by atoms with E-state index in [9.17, 15) is 19.0 Å². The fourth-order valence-corrected chi connectivity index (χ4v) is 5.29. The van der Waals surface area contributed by atoms with Gasteiger partial charge < -0.3 is 15.2 Å². The van der Waals surface area contributed by atoms with E-state index in [1.165, 1.54) is 4.31 Å². The lowest BCUT2D eigenvalue weighted by atomic mass is 9.71. The minimum absolute atomic E-state index is 0.240. The van der Waals surface area contributed by atoms with Crippen LogP contribution in [0.2, 0.25) is 0 Å². The van der Waals surface area contributed by atoms with Crippen molar-refractivity contribution in [3.05, 3.63) is 66.2 Å². The lowest BCUT2D eigenvalue weighted by molar-refractivity contribution is 0.144. The highest BCUT2D eigenvalue weighted by atomic mass is 32.3. The van der Waals surface area contributed by atoms with Gasteiger partial charge in [0.25, 0.3) is 0 Å². The molecular weight excluding hydrogens is 442 g/mol. The van der Waals surface area contributed by atoms with Crippen LogP contribution in [-0.4, -0.2) is 38.3 Å². The summed E-state index contributed by atoms with van der Waals surface area (Å²) in [7, 11) is -1.44. The Morgan fingerprint density at radius 2 is 1.79 bits per heavy atom. The zero-order valence-corrected chi connectivity index (χ0v) is 18.9. The van der Waals surface area contributed by atoms with Crippen LogP contribution < -0.4 is 14.4 Å². The normalized spacial score (nSPS) is 18.9. The molecule has 33 heavy (non-hydrogen) atoms. The zero-order valence-electron chi connectivity index (χ0n) is 18.1. The molecule has 1 aliphatic heterocycles. The van der Waals surface area contributed by atoms with Gasteiger partial charge in [0.05, 0.1) is 11.2 Å². The molecule has 1 saturated carbocycles. The molecule has 0 radical (unpaired) electrons. The molecule has 3 aromatic rings. The standard InChI is InChI=1S/C24H25N3O5S/c1-27-20-14-19(16-6-3-2-4-7-16)21(25-22(20)32-15-33(27,30)31)17-8-10-18(11-9-17)24(12-5-13-24)26-23(28)29/h2-4,6-11,14,26,30-31H,5,12-13,15H2,1H3,(H,28,29). The molecule has 0 saturated heterocycles. The Kier molecular flexibility index (Phi) is 5.19. The molecule has 0 atom stereocenters. The third-order valence-electron chi connectivity index (χ3n) is 6.45. The number of hydrogen-bond donors (Lipinski definition) is 4. The quantitative estimate of drug-likeness (QED) is 0.400. The van der Waals surface area contributed by atoms with Gasteiger partial charge in [-0.15, -0.1) is 0 Å². The van der Waals surface area contributed by atoms with Crippen LogP contribution in [0.25, 0.3) is 22.4 Å². The van der Waals surface area contributed by atoms with Crippen molar-refractivity contribution in [1.29, 1.82) is 0 Å². The maximum atomic E-state index is 11.3. The second kappa shape index (κ2) is 7.95. The van der Waals surface area contributed by atoms with E-state index < -0.39 is 22.4 Å². The minimum Gasteiger partial charge on any atom is -0.465 e. The summed E-state index contributed by atoms with van der Waals surface area (Å²) in [5.74, 6) is 0.0983. The van der Waals surface area contributed by atoms with Crippen LogP contribution in [0.5, 0.6) is 5.88 Å². The van der Waals surface area contributed by atoms with Crippen molar-refractivity contribution < 1.29 is 23.7 Å². The molecule has 0 spiro atoms. The number of carboxylic acid groups (broad SMARTS) is 1. The number of nitrogens with one attached hydrogen (secondary N) is 1. The molecule has 172 valence electrons. The van der Waals surface area contributed by atoms with Crippen molar-refractivity contribution in [2.24, 2.45) is 0 Å². The molecule has 1 aliphatic carbocycles. The van der Waals surface area contributed by atoms with E-state index >= 15 is 0 Å². The average molecular weight is 468 g/mol. The SMILES string of the molecule is CN1c2cc(-c3ccccc3)c(-c3ccc(C4(NC(=O)O)CCC4)cc3)nc2OCS1(O)O. The Balaban J connectivity index is 1.60. The smallest absolute Gasteiger partial charge is 0.405 e. The van der Waals surface area contributed by atoms with E-state index in [0.29, 0.717) is 17.3 Å². The van der Waals surface area contributed by atoms with Crippen molar-refractivity contribution in [2.75, 3.05) is 17.3 Å². The van der Waals surface area contributed by atoms with E-state index in [0.717, 1.165) is 41.5 Å². The van der Waals surface area contributed by atoms with Crippen LogP contribution in [0, 0.1) is 0 Å². The number of hydrogen-bond acceptors (Lipinski definition) is 6. The van der Waals surface area contributed by atoms with Crippen LogP contribution in [0.4, 0.5) is 10.5 Å². The van der Waals surface area contributed by atoms with Gasteiger partial charge in [-0.05, 0) is 36.5 Å². The number of benzene rings is 2. The number of anilines is 1. The Morgan fingerprint density at radius 3 is 2.39 bits per heavy atom. The van der Waals surface area contributed by atoms with Crippen molar-refractivity contribution in [3.63, 3.8) is 0 Å². The number of fused-ring (bicyclic) bond motifs is 1. The summed E-state index contributed by atoms with van der Waals surface area (Å²) in [6.45, 7) is 0. The summed E-state index contributed by atoms with van der Waals surface area (Å²) in [5.41, 5.74) is 4.24. The number of rotatable bonds is 4. The first-order valence-corrected chi connectivity index (χ1v) is 12.3. The van der Waals surface area contributed by atoms with Crippen LogP contribution in [0.3, 0.4) is 0 Å². The number of carbonyl (C=O) groups is 1. The molecule has 0 unspecified atom stereocenters. The molecule has 2 aromatic carbocycles. The first kappa shape index (κ1) is 21.6. The summed E-state index contributed by atoms with van der Waals surface area (Å²) in [5, 5.41) is 12.0. The van der Waals surface area contributed by atoms with E-state index in [4.69, 9.17) is 9.72 Å². The molecule has 2 heterocycles. The molecule has 5 rings (SSSR count).